The van der Waals surface area contributed by atoms with Gasteiger partial charge in [-0.2, -0.15) is 13.2 Å². The van der Waals surface area contributed by atoms with E-state index in [1.165, 1.54) is 36.1 Å². The zero-order valence-electron chi connectivity index (χ0n) is 17.2. The maximum Gasteiger partial charge on any atom is 0.471 e. The van der Waals surface area contributed by atoms with Gasteiger partial charge in [-0.3, -0.25) is 14.4 Å². The van der Waals surface area contributed by atoms with E-state index >= 15 is 0 Å². The minimum absolute atomic E-state index is 0.00892. The number of alkyl halides is 3. The molecule has 0 bridgehead atoms. The number of halogens is 4. The molecule has 1 N–H and O–H groups in total. The molecule has 0 aromatic heterocycles. The fourth-order valence-corrected chi connectivity index (χ4v) is 3.51. The number of carbonyl (C=O) groups is 3. The highest BCUT2D eigenvalue weighted by molar-refractivity contribution is 6.03. The number of nitrogens with one attached hydrogen (secondary N) is 1. The number of para-hydroxylation sites is 1. The number of amides is 3. The molecule has 3 rings (SSSR count). The Morgan fingerprint density at radius 3 is 2.53 bits per heavy atom. The summed E-state index contributed by atoms with van der Waals surface area (Å²) in [4.78, 5) is 38.3. The van der Waals surface area contributed by atoms with Crippen molar-refractivity contribution in [3.05, 3.63) is 59.9 Å². The van der Waals surface area contributed by atoms with Gasteiger partial charge >= 0.3 is 12.1 Å². The molecule has 1 saturated heterocycles. The first-order valence-electron chi connectivity index (χ1n) is 9.91. The van der Waals surface area contributed by atoms with Gasteiger partial charge in [0.05, 0.1) is 11.6 Å². The molecule has 1 atom stereocenters. The third-order valence-electron chi connectivity index (χ3n) is 5.12. The highest BCUT2D eigenvalue weighted by Crippen LogP contribution is 2.28. The molecule has 1 fully saturated rings. The van der Waals surface area contributed by atoms with Gasteiger partial charge in [0, 0.05) is 31.7 Å². The number of anilines is 2. The van der Waals surface area contributed by atoms with Crippen molar-refractivity contribution in [2.24, 2.45) is 5.92 Å². The highest BCUT2D eigenvalue weighted by Gasteiger charge is 2.42. The van der Waals surface area contributed by atoms with Gasteiger partial charge in [-0.25, -0.2) is 4.39 Å². The average Bonchev–Trinajstić information content (AvgIpc) is 3.13. The van der Waals surface area contributed by atoms with Crippen LogP contribution in [0.2, 0.25) is 0 Å². The van der Waals surface area contributed by atoms with Crippen molar-refractivity contribution in [2.45, 2.75) is 26.1 Å². The summed E-state index contributed by atoms with van der Waals surface area (Å²) >= 11 is 0. The van der Waals surface area contributed by atoms with Crippen molar-refractivity contribution in [3.8, 4) is 0 Å². The van der Waals surface area contributed by atoms with Gasteiger partial charge in [0.1, 0.15) is 5.82 Å². The first-order valence-corrected chi connectivity index (χ1v) is 9.91. The van der Waals surface area contributed by atoms with Crippen LogP contribution in [0.1, 0.15) is 18.9 Å². The number of carbonyl (C=O) groups excluding carboxylic acids is 3. The Hall–Kier alpha value is -3.43. The number of rotatable bonds is 6. The largest absolute Gasteiger partial charge is 0.471 e. The van der Waals surface area contributed by atoms with E-state index in [1.54, 1.807) is 24.3 Å². The van der Waals surface area contributed by atoms with E-state index in [0.717, 1.165) is 0 Å². The van der Waals surface area contributed by atoms with E-state index in [0.29, 0.717) is 16.2 Å². The van der Waals surface area contributed by atoms with Gasteiger partial charge in [0.25, 0.3) is 0 Å². The van der Waals surface area contributed by atoms with Crippen LogP contribution < -0.4 is 10.2 Å². The first-order chi connectivity index (χ1) is 15.1. The van der Waals surface area contributed by atoms with Gasteiger partial charge in [-0.1, -0.05) is 24.3 Å². The molecule has 32 heavy (non-hydrogen) atoms. The van der Waals surface area contributed by atoms with Crippen molar-refractivity contribution in [1.29, 1.82) is 0 Å². The monoisotopic (exact) mass is 451 g/mol. The summed E-state index contributed by atoms with van der Waals surface area (Å²) in [5.74, 6) is -4.07. The number of benzene rings is 2. The average molecular weight is 451 g/mol. The van der Waals surface area contributed by atoms with Crippen molar-refractivity contribution in [1.82, 2.24) is 4.90 Å². The topological polar surface area (TPSA) is 69.7 Å². The maximum absolute atomic E-state index is 14.0. The molecule has 2 aromatic carbocycles. The van der Waals surface area contributed by atoms with Gasteiger partial charge < -0.3 is 15.1 Å². The minimum Gasteiger partial charge on any atom is -0.331 e. The second-order valence-corrected chi connectivity index (χ2v) is 7.36. The molecule has 170 valence electrons. The number of hydrogen-bond donors (Lipinski definition) is 1. The third-order valence-corrected chi connectivity index (χ3v) is 5.12. The van der Waals surface area contributed by atoms with Crippen LogP contribution in [-0.4, -0.2) is 41.9 Å². The summed E-state index contributed by atoms with van der Waals surface area (Å²) in [5, 5.41) is 2.64. The molecule has 2 aromatic rings. The van der Waals surface area contributed by atoms with Gasteiger partial charge in [0.15, 0.2) is 0 Å². The summed E-state index contributed by atoms with van der Waals surface area (Å²) in [6.45, 7) is 1.04. The predicted octanol–water partition coefficient (Wildman–Crippen LogP) is 3.73. The van der Waals surface area contributed by atoms with E-state index in [2.05, 4.69) is 5.32 Å². The zero-order valence-corrected chi connectivity index (χ0v) is 17.2. The zero-order chi connectivity index (χ0) is 23.5. The molecule has 0 aliphatic carbocycles. The SMILES string of the molecule is CCN(Cc1cccc(NC(=O)C2CC(=O)N(c3ccccc3F)C2)c1)C(=O)C(F)(F)F. The van der Waals surface area contributed by atoms with E-state index in [4.69, 9.17) is 0 Å². The second kappa shape index (κ2) is 9.37. The fourth-order valence-electron chi connectivity index (χ4n) is 3.51. The van der Waals surface area contributed by atoms with Crippen LogP contribution >= 0.6 is 0 Å². The standard InChI is InChI=1S/C22H21F4N3O3/c1-2-28(21(32)22(24,25)26)12-14-6-5-7-16(10-14)27-20(31)15-11-19(30)29(13-15)18-9-4-3-8-17(18)23/h3-10,15H,2,11-13H2,1H3,(H,27,31). The minimum atomic E-state index is -4.97. The van der Waals surface area contributed by atoms with Crippen LogP contribution in [0.5, 0.6) is 0 Å². The normalized spacial score (nSPS) is 16.2. The Morgan fingerprint density at radius 2 is 1.88 bits per heavy atom. The molecule has 6 nitrogen and oxygen atoms in total. The quantitative estimate of drug-likeness (QED) is 0.681. The van der Waals surface area contributed by atoms with Gasteiger partial charge in [-0.15, -0.1) is 0 Å². The van der Waals surface area contributed by atoms with Crippen LogP contribution in [0.4, 0.5) is 28.9 Å². The van der Waals surface area contributed by atoms with Crippen LogP contribution in [-0.2, 0) is 20.9 Å². The molecule has 1 aliphatic heterocycles. The molecule has 1 unspecified atom stereocenters. The Kier molecular flexibility index (Phi) is 6.81. The van der Waals surface area contributed by atoms with Crippen molar-refractivity contribution >= 4 is 29.1 Å². The van der Waals surface area contributed by atoms with Crippen LogP contribution in [0.3, 0.4) is 0 Å². The lowest BCUT2D eigenvalue weighted by Gasteiger charge is -2.22. The molecule has 1 heterocycles. The summed E-state index contributed by atoms with van der Waals surface area (Å²) < 4.78 is 52.2. The highest BCUT2D eigenvalue weighted by atomic mass is 19.4. The summed E-state index contributed by atoms with van der Waals surface area (Å²) in [5.41, 5.74) is 0.821. The molecule has 0 radical (unpaired) electrons. The summed E-state index contributed by atoms with van der Waals surface area (Å²) in [7, 11) is 0. The molecule has 10 heteroatoms. The Morgan fingerprint density at radius 1 is 1.16 bits per heavy atom. The number of nitrogens with zero attached hydrogens (tertiary/aromatic N) is 2. The van der Waals surface area contributed by atoms with E-state index in [9.17, 15) is 31.9 Å². The molecular weight excluding hydrogens is 430 g/mol. The van der Waals surface area contributed by atoms with Crippen LogP contribution in [0.25, 0.3) is 0 Å². The lowest BCUT2D eigenvalue weighted by molar-refractivity contribution is -0.185. The molecule has 0 saturated carbocycles. The first kappa shape index (κ1) is 23.2. The Labute approximate surface area is 181 Å². The molecule has 0 spiro atoms. The van der Waals surface area contributed by atoms with Crippen molar-refractivity contribution < 1.29 is 31.9 Å². The van der Waals surface area contributed by atoms with E-state index < -0.39 is 29.7 Å². The van der Waals surface area contributed by atoms with Crippen molar-refractivity contribution in [3.63, 3.8) is 0 Å². The third kappa shape index (κ3) is 5.24. The Bertz CT molecular complexity index is 1030. The fraction of sp³-hybridized carbons (Fsp3) is 0.318. The summed E-state index contributed by atoms with van der Waals surface area (Å²) in [6.07, 6.45) is -5.06. The van der Waals surface area contributed by atoms with Crippen molar-refractivity contribution in [2.75, 3.05) is 23.3 Å². The Balaban J connectivity index is 1.67. The maximum atomic E-state index is 14.0. The predicted molar refractivity (Wildman–Crippen MR) is 109 cm³/mol. The van der Waals surface area contributed by atoms with Gasteiger partial charge in [-0.05, 0) is 36.8 Å². The lowest BCUT2D eigenvalue weighted by atomic mass is 10.1. The van der Waals surface area contributed by atoms with E-state index in [-0.39, 0.29) is 37.6 Å². The number of hydrogen-bond acceptors (Lipinski definition) is 3. The van der Waals surface area contributed by atoms with E-state index in [1.807, 2.05) is 0 Å². The smallest absolute Gasteiger partial charge is 0.331 e. The second-order valence-electron chi connectivity index (χ2n) is 7.36. The lowest BCUT2D eigenvalue weighted by Crippen LogP contribution is -2.40. The molecular formula is C22H21F4N3O3. The summed E-state index contributed by atoms with van der Waals surface area (Å²) in [6, 6.07) is 11.9. The van der Waals surface area contributed by atoms with Crippen LogP contribution in [0.15, 0.2) is 48.5 Å². The van der Waals surface area contributed by atoms with Crippen LogP contribution in [0, 0.1) is 11.7 Å². The molecule has 1 aliphatic rings. The van der Waals surface area contributed by atoms with Gasteiger partial charge in [0.2, 0.25) is 11.8 Å². The molecule has 3 amide bonds.